The van der Waals surface area contributed by atoms with Crippen LogP contribution in [-0.4, -0.2) is 46.0 Å². The normalized spacial score (nSPS) is 14.6. The van der Waals surface area contributed by atoms with Gasteiger partial charge in [0.2, 0.25) is 0 Å². The number of thiazole rings is 1. The van der Waals surface area contributed by atoms with Gasteiger partial charge in [-0.25, -0.2) is 9.97 Å². The average Bonchev–Trinajstić information content (AvgIpc) is 3.63. The third-order valence-electron chi connectivity index (χ3n) is 6.00. The molecule has 0 saturated carbocycles. The molecule has 2 amide bonds. The fourth-order valence-electron chi connectivity index (χ4n) is 4.18. The van der Waals surface area contributed by atoms with Gasteiger partial charge in [0.15, 0.2) is 10.8 Å². The molecule has 10 heteroatoms. The van der Waals surface area contributed by atoms with Gasteiger partial charge in [0.25, 0.3) is 11.8 Å². The van der Waals surface area contributed by atoms with Crippen LogP contribution >= 0.6 is 11.3 Å². The van der Waals surface area contributed by atoms with Crippen molar-refractivity contribution in [3.8, 4) is 34.2 Å². The Morgan fingerprint density at radius 2 is 1.97 bits per heavy atom. The van der Waals surface area contributed by atoms with E-state index in [-0.39, 0.29) is 34.1 Å². The predicted octanol–water partition coefficient (Wildman–Crippen LogP) is 3.79. The van der Waals surface area contributed by atoms with Crippen molar-refractivity contribution in [1.29, 1.82) is 5.26 Å². The first-order valence-corrected chi connectivity index (χ1v) is 12.5. The second-order valence-electron chi connectivity index (χ2n) is 8.44. The number of aromatic hydroxyl groups is 1. The van der Waals surface area contributed by atoms with Crippen molar-refractivity contribution in [3.63, 3.8) is 0 Å². The van der Waals surface area contributed by atoms with Crippen molar-refractivity contribution in [1.82, 2.24) is 20.6 Å². The first kappa shape index (κ1) is 24.1. The molecule has 1 unspecified atom stereocenters. The fraction of sp³-hybridized carbons (Fsp3) is 0.148. The van der Waals surface area contributed by atoms with Crippen LogP contribution in [0.15, 0.2) is 66.2 Å². The van der Waals surface area contributed by atoms with Crippen molar-refractivity contribution >= 4 is 29.0 Å². The van der Waals surface area contributed by atoms with E-state index in [1.54, 1.807) is 53.9 Å². The van der Waals surface area contributed by atoms with E-state index in [1.807, 2.05) is 0 Å². The van der Waals surface area contributed by atoms with E-state index in [2.05, 4.69) is 32.0 Å². The minimum atomic E-state index is -0.502. The molecule has 1 saturated heterocycles. The number of rotatable bonds is 6. The summed E-state index contributed by atoms with van der Waals surface area (Å²) in [6.07, 6.45) is 2.38. The summed E-state index contributed by atoms with van der Waals surface area (Å²) in [5.74, 6) is -0.675. The number of amides is 2. The number of phenolic OH excluding ortho intramolecular Hbond substituents is 1. The van der Waals surface area contributed by atoms with E-state index < -0.39 is 5.91 Å². The summed E-state index contributed by atoms with van der Waals surface area (Å²) < 4.78 is 0. The lowest BCUT2D eigenvalue weighted by molar-refractivity contribution is 0.0939. The minimum absolute atomic E-state index is 0.00107. The number of anilines is 1. The summed E-state index contributed by atoms with van der Waals surface area (Å²) >= 11 is 1.16. The van der Waals surface area contributed by atoms with E-state index in [1.165, 1.54) is 12.3 Å². The molecular formula is C27H22N6O3S. The Morgan fingerprint density at radius 1 is 1.11 bits per heavy atom. The standard InChI is InChI=1S/C27H22N6O3S/c28-14-21-20(16-4-3-5-17(12-16)25(35)31-18-8-9-29-15-18)13-22(19-6-1-2-7-23(19)34)32-24(21)33-26(36)27-30-10-11-37-27/h1-7,10-13,18,29,34H,8-9,15H2,(H,31,35)(H,32,33,36). The summed E-state index contributed by atoms with van der Waals surface area (Å²) in [5, 5.41) is 31.4. The zero-order chi connectivity index (χ0) is 25.8. The van der Waals surface area contributed by atoms with Crippen LogP contribution in [-0.2, 0) is 0 Å². The summed E-state index contributed by atoms with van der Waals surface area (Å²) in [6.45, 7) is 1.58. The number of nitrogens with one attached hydrogen (secondary N) is 3. The van der Waals surface area contributed by atoms with Gasteiger partial charge in [-0.15, -0.1) is 11.3 Å². The van der Waals surface area contributed by atoms with Crippen molar-refractivity contribution in [2.24, 2.45) is 0 Å². The summed E-state index contributed by atoms with van der Waals surface area (Å²) in [6, 6.07) is 17.5. The highest BCUT2D eigenvalue weighted by molar-refractivity contribution is 7.11. The quantitative estimate of drug-likeness (QED) is 0.309. The van der Waals surface area contributed by atoms with Crippen LogP contribution in [0.4, 0.5) is 5.82 Å². The molecule has 5 rings (SSSR count). The highest BCUT2D eigenvalue weighted by Crippen LogP contribution is 2.35. The smallest absolute Gasteiger partial charge is 0.285 e. The third-order valence-corrected chi connectivity index (χ3v) is 6.77. The minimum Gasteiger partial charge on any atom is -0.507 e. The highest BCUT2D eigenvalue weighted by Gasteiger charge is 2.21. The second-order valence-corrected chi connectivity index (χ2v) is 9.34. The number of para-hydroxylation sites is 1. The molecular weight excluding hydrogens is 488 g/mol. The molecule has 0 aliphatic carbocycles. The number of pyridine rings is 1. The number of nitriles is 1. The monoisotopic (exact) mass is 510 g/mol. The molecule has 0 bridgehead atoms. The molecule has 9 nitrogen and oxygen atoms in total. The number of phenols is 1. The van der Waals surface area contributed by atoms with Gasteiger partial charge in [0, 0.05) is 40.9 Å². The van der Waals surface area contributed by atoms with Gasteiger partial charge in [-0.05, 0) is 48.9 Å². The Morgan fingerprint density at radius 3 is 2.70 bits per heavy atom. The van der Waals surface area contributed by atoms with Gasteiger partial charge in [0.1, 0.15) is 17.4 Å². The molecule has 1 aliphatic heterocycles. The lowest BCUT2D eigenvalue weighted by atomic mass is 9.96. The predicted molar refractivity (Wildman–Crippen MR) is 140 cm³/mol. The zero-order valence-corrected chi connectivity index (χ0v) is 20.4. The molecule has 0 radical (unpaired) electrons. The molecule has 2 aromatic heterocycles. The molecule has 4 N–H and O–H groups in total. The molecule has 1 atom stereocenters. The van der Waals surface area contributed by atoms with Crippen molar-refractivity contribution in [3.05, 3.63) is 82.3 Å². The lowest BCUT2D eigenvalue weighted by Crippen LogP contribution is -2.36. The fourth-order valence-corrected chi connectivity index (χ4v) is 4.71. The van der Waals surface area contributed by atoms with Gasteiger partial charge in [-0.3, -0.25) is 9.59 Å². The van der Waals surface area contributed by atoms with E-state index in [9.17, 15) is 20.0 Å². The van der Waals surface area contributed by atoms with Crippen LogP contribution in [0.1, 0.15) is 32.1 Å². The van der Waals surface area contributed by atoms with Gasteiger partial charge >= 0.3 is 0 Å². The lowest BCUT2D eigenvalue weighted by Gasteiger charge is -2.15. The number of carbonyl (C=O) groups excluding carboxylic acids is 2. The molecule has 184 valence electrons. The van der Waals surface area contributed by atoms with E-state index >= 15 is 0 Å². The number of nitrogens with zero attached hydrogens (tertiary/aromatic N) is 3. The zero-order valence-electron chi connectivity index (χ0n) is 19.6. The van der Waals surface area contributed by atoms with E-state index in [0.717, 1.165) is 30.8 Å². The van der Waals surface area contributed by atoms with Gasteiger partial charge in [-0.1, -0.05) is 24.3 Å². The number of carbonyl (C=O) groups is 2. The maximum absolute atomic E-state index is 12.9. The molecule has 0 spiro atoms. The number of aromatic nitrogens is 2. The van der Waals surface area contributed by atoms with Crippen LogP contribution in [0.3, 0.4) is 0 Å². The Hall–Kier alpha value is -4.59. The molecule has 3 heterocycles. The highest BCUT2D eigenvalue weighted by atomic mass is 32.1. The second kappa shape index (κ2) is 10.6. The van der Waals surface area contributed by atoms with Gasteiger partial charge < -0.3 is 21.1 Å². The Balaban J connectivity index is 1.60. The molecule has 4 aromatic rings. The third kappa shape index (κ3) is 5.18. The van der Waals surface area contributed by atoms with Crippen LogP contribution in [0, 0.1) is 11.3 Å². The van der Waals surface area contributed by atoms with Gasteiger partial charge in [-0.2, -0.15) is 5.26 Å². The number of hydrogen-bond acceptors (Lipinski definition) is 8. The Kier molecular flexibility index (Phi) is 6.89. The number of hydrogen-bond donors (Lipinski definition) is 4. The molecule has 37 heavy (non-hydrogen) atoms. The van der Waals surface area contributed by atoms with E-state index in [0.29, 0.717) is 27.9 Å². The van der Waals surface area contributed by atoms with Crippen LogP contribution in [0.25, 0.3) is 22.4 Å². The SMILES string of the molecule is N#Cc1c(-c2cccc(C(=O)NC3CCNC3)c2)cc(-c2ccccc2O)nc1NC(=O)c1nccs1. The maximum Gasteiger partial charge on any atom is 0.285 e. The topological polar surface area (TPSA) is 140 Å². The van der Waals surface area contributed by atoms with Crippen LogP contribution in [0.5, 0.6) is 5.75 Å². The van der Waals surface area contributed by atoms with Crippen molar-refractivity contribution < 1.29 is 14.7 Å². The van der Waals surface area contributed by atoms with Crippen molar-refractivity contribution in [2.75, 3.05) is 18.4 Å². The van der Waals surface area contributed by atoms with Crippen LogP contribution in [0.2, 0.25) is 0 Å². The number of benzene rings is 2. The first-order valence-electron chi connectivity index (χ1n) is 11.6. The van der Waals surface area contributed by atoms with Crippen LogP contribution < -0.4 is 16.0 Å². The van der Waals surface area contributed by atoms with E-state index in [4.69, 9.17) is 0 Å². The van der Waals surface area contributed by atoms with Crippen molar-refractivity contribution in [2.45, 2.75) is 12.5 Å². The largest absolute Gasteiger partial charge is 0.507 e. The Labute approximate surface area is 216 Å². The molecule has 1 aliphatic rings. The maximum atomic E-state index is 12.9. The summed E-state index contributed by atoms with van der Waals surface area (Å²) in [7, 11) is 0. The first-order chi connectivity index (χ1) is 18.0. The summed E-state index contributed by atoms with van der Waals surface area (Å²) in [4.78, 5) is 34.2. The molecule has 2 aromatic carbocycles. The molecule has 1 fully saturated rings. The van der Waals surface area contributed by atoms with Gasteiger partial charge in [0.05, 0.1) is 5.69 Å². The Bertz CT molecular complexity index is 1510. The average molecular weight is 511 g/mol. The summed E-state index contributed by atoms with van der Waals surface area (Å²) in [5.41, 5.74) is 2.41.